The molecule has 0 N–H and O–H groups in total. The van der Waals surface area contributed by atoms with Crippen LogP contribution in [-0.4, -0.2) is 12.1 Å². The van der Waals surface area contributed by atoms with Crippen LogP contribution in [0.5, 0.6) is 0 Å². The Hall–Kier alpha value is -2.16. The molecular formula is C21H23FO2. The lowest BCUT2D eigenvalue weighted by atomic mass is 9.95. The van der Waals surface area contributed by atoms with Crippen molar-refractivity contribution in [1.82, 2.24) is 0 Å². The van der Waals surface area contributed by atoms with Crippen LogP contribution in [0.25, 0.3) is 11.1 Å². The average Bonchev–Trinajstić information content (AvgIpc) is 2.62. The topological polar surface area (TPSA) is 26.3 Å². The molecule has 0 spiro atoms. The maximum Gasteiger partial charge on any atom is 0.313 e. The first kappa shape index (κ1) is 16.7. The van der Waals surface area contributed by atoms with Crippen LogP contribution in [0.1, 0.15) is 50.5 Å². The summed E-state index contributed by atoms with van der Waals surface area (Å²) in [6, 6.07) is 14.4. The summed E-state index contributed by atoms with van der Waals surface area (Å²) in [6.07, 6.45) is 5.37. The van der Waals surface area contributed by atoms with Crippen molar-refractivity contribution in [3.05, 3.63) is 59.9 Å². The van der Waals surface area contributed by atoms with Crippen molar-refractivity contribution >= 4 is 5.97 Å². The highest BCUT2D eigenvalue weighted by Gasteiger charge is 2.23. The number of rotatable bonds is 4. The van der Waals surface area contributed by atoms with Gasteiger partial charge in [0, 0.05) is 5.56 Å². The van der Waals surface area contributed by atoms with Crippen molar-refractivity contribution < 1.29 is 13.9 Å². The van der Waals surface area contributed by atoms with Crippen molar-refractivity contribution in [2.24, 2.45) is 0 Å². The van der Waals surface area contributed by atoms with Gasteiger partial charge in [-0.2, -0.15) is 0 Å². The molecule has 2 aromatic carbocycles. The first-order valence-electron chi connectivity index (χ1n) is 8.70. The fourth-order valence-electron chi connectivity index (χ4n) is 3.24. The van der Waals surface area contributed by atoms with E-state index < -0.39 is 5.92 Å². The molecule has 0 aromatic heterocycles. The van der Waals surface area contributed by atoms with Crippen LogP contribution in [0.3, 0.4) is 0 Å². The molecule has 1 aliphatic carbocycles. The molecule has 1 saturated carbocycles. The predicted molar refractivity (Wildman–Crippen MR) is 93.2 cm³/mol. The van der Waals surface area contributed by atoms with Gasteiger partial charge in [-0.25, -0.2) is 4.39 Å². The Morgan fingerprint density at radius 1 is 1.08 bits per heavy atom. The van der Waals surface area contributed by atoms with E-state index in [4.69, 9.17) is 4.74 Å². The Kier molecular flexibility index (Phi) is 5.29. The quantitative estimate of drug-likeness (QED) is 0.696. The van der Waals surface area contributed by atoms with Crippen LogP contribution in [0.15, 0.2) is 48.5 Å². The maximum atomic E-state index is 14.5. The lowest BCUT2D eigenvalue weighted by molar-refractivity contribution is -0.151. The van der Waals surface area contributed by atoms with E-state index in [1.807, 2.05) is 36.4 Å². The SMILES string of the molecule is CC(C(=O)OC1CCCCC1)c1ccc(-c2ccccc2)c(F)c1. The highest BCUT2D eigenvalue weighted by Crippen LogP contribution is 2.28. The van der Waals surface area contributed by atoms with Gasteiger partial charge < -0.3 is 4.74 Å². The van der Waals surface area contributed by atoms with Crippen molar-refractivity contribution in [2.75, 3.05) is 0 Å². The normalized spacial score (nSPS) is 16.6. The zero-order chi connectivity index (χ0) is 16.9. The third-order valence-electron chi connectivity index (χ3n) is 4.77. The molecule has 0 heterocycles. The second-order valence-electron chi connectivity index (χ2n) is 6.52. The number of ether oxygens (including phenoxy) is 1. The van der Waals surface area contributed by atoms with E-state index in [1.165, 1.54) is 12.5 Å². The zero-order valence-corrected chi connectivity index (χ0v) is 14.0. The summed E-state index contributed by atoms with van der Waals surface area (Å²) in [5.41, 5.74) is 2.04. The molecule has 2 nitrogen and oxygen atoms in total. The highest BCUT2D eigenvalue weighted by molar-refractivity contribution is 5.78. The fourth-order valence-corrected chi connectivity index (χ4v) is 3.24. The third-order valence-corrected chi connectivity index (χ3v) is 4.77. The van der Waals surface area contributed by atoms with Gasteiger partial charge in [0.15, 0.2) is 0 Å². The molecule has 0 bridgehead atoms. The van der Waals surface area contributed by atoms with E-state index >= 15 is 0 Å². The van der Waals surface area contributed by atoms with Crippen LogP contribution < -0.4 is 0 Å². The van der Waals surface area contributed by atoms with Crippen molar-refractivity contribution in [3.63, 3.8) is 0 Å². The summed E-state index contributed by atoms with van der Waals surface area (Å²) in [4.78, 5) is 12.3. The lowest BCUT2D eigenvalue weighted by Gasteiger charge is -2.23. The summed E-state index contributed by atoms with van der Waals surface area (Å²) in [5.74, 6) is -1.02. The Balaban J connectivity index is 1.72. The maximum absolute atomic E-state index is 14.5. The van der Waals surface area contributed by atoms with Gasteiger partial charge in [0.1, 0.15) is 11.9 Å². The first-order chi connectivity index (χ1) is 11.6. The smallest absolute Gasteiger partial charge is 0.313 e. The lowest BCUT2D eigenvalue weighted by Crippen LogP contribution is -2.24. The van der Waals surface area contributed by atoms with Crippen LogP contribution in [0, 0.1) is 5.82 Å². The van der Waals surface area contributed by atoms with Crippen molar-refractivity contribution in [2.45, 2.75) is 51.0 Å². The van der Waals surface area contributed by atoms with Crippen molar-refractivity contribution in [1.29, 1.82) is 0 Å². The Morgan fingerprint density at radius 2 is 1.79 bits per heavy atom. The van der Waals surface area contributed by atoms with Crippen LogP contribution in [0.2, 0.25) is 0 Å². The Labute approximate surface area is 142 Å². The van der Waals surface area contributed by atoms with Gasteiger partial charge in [-0.15, -0.1) is 0 Å². The number of carbonyl (C=O) groups is 1. The second kappa shape index (κ2) is 7.61. The van der Waals surface area contributed by atoms with E-state index in [0.29, 0.717) is 11.1 Å². The zero-order valence-electron chi connectivity index (χ0n) is 14.0. The van der Waals surface area contributed by atoms with Gasteiger partial charge in [-0.3, -0.25) is 4.79 Å². The molecule has 1 atom stereocenters. The molecule has 24 heavy (non-hydrogen) atoms. The number of hydrogen-bond acceptors (Lipinski definition) is 2. The first-order valence-corrected chi connectivity index (χ1v) is 8.70. The minimum absolute atomic E-state index is 0.0298. The van der Waals surface area contributed by atoms with Crippen LogP contribution >= 0.6 is 0 Å². The van der Waals surface area contributed by atoms with Gasteiger partial charge in [-0.05, 0) is 49.8 Å². The van der Waals surface area contributed by atoms with E-state index in [-0.39, 0.29) is 17.9 Å². The Bertz CT molecular complexity index is 690. The van der Waals surface area contributed by atoms with Gasteiger partial charge >= 0.3 is 5.97 Å². The van der Waals surface area contributed by atoms with E-state index in [2.05, 4.69) is 0 Å². The molecule has 2 aromatic rings. The molecular weight excluding hydrogens is 303 g/mol. The van der Waals surface area contributed by atoms with Crippen LogP contribution in [0.4, 0.5) is 4.39 Å². The molecule has 0 amide bonds. The minimum Gasteiger partial charge on any atom is -0.462 e. The minimum atomic E-state index is -0.453. The highest BCUT2D eigenvalue weighted by atomic mass is 19.1. The molecule has 1 unspecified atom stereocenters. The number of esters is 1. The van der Waals surface area contributed by atoms with E-state index in [1.54, 1.807) is 13.0 Å². The van der Waals surface area contributed by atoms with E-state index in [9.17, 15) is 9.18 Å². The molecule has 0 saturated heterocycles. The summed E-state index contributed by atoms with van der Waals surface area (Å²) in [6.45, 7) is 1.78. The van der Waals surface area contributed by atoms with Gasteiger partial charge in [0.25, 0.3) is 0 Å². The second-order valence-corrected chi connectivity index (χ2v) is 6.52. The largest absolute Gasteiger partial charge is 0.462 e. The molecule has 1 aliphatic rings. The number of hydrogen-bond donors (Lipinski definition) is 0. The van der Waals surface area contributed by atoms with E-state index in [0.717, 1.165) is 31.2 Å². The molecule has 1 fully saturated rings. The molecule has 0 radical (unpaired) electrons. The summed E-state index contributed by atoms with van der Waals surface area (Å²) in [5, 5.41) is 0. The number of benzene rings is 2. The third kappa shape index (κ3) is 3.84. The van der Waals surface area contributed by atoms with Gasteiger partial charge in [0.05, 0.1) is 5.92 Å². The molecule has 126 valence electrons. The summed E-state index contributed by atoms with van der Waals surface area (Å²) in [7, 11) is 0. The van der Waals surface area contributed by atoms with Gasteiger partial charge in [0.2, 0.25) is 0 Å². The Morgan fingerprint density at radius 3 is 2.46 bits per heavy atom. The average molecular weight is 326 g/mol. The van der Waals surface area contributed by atoms with Crippen LogP contribution in [-0.2, 0) is 9.53 Å². The van der Waals surface area contributed by atoms with Gasteiger partial charge in [-0.1, -0.05) is 48.9 Å². The standard InChI is InChI=1S/C21H23FO2/c1-15(21(23)24-18-10-6-3-7-11-18)17-12-13-19(20(22)14-17)16-8-4-2-5-9-16/h2,4-5,8-9,12-15,18H,3,6-7,10-11H2,1H3. The van der Waals surface area contributed by atoms with Crippen molar-refractivity contribution in [3.8, 4) is 11.1 Å². The summed E-state index contributed by atoms with van der Waals surface area (Å²) < 4.78 is 20.1. The summed E-state index contributed by atoms with van der Waals surface area (Å²) >= 11 is 0. The predicted octanol–water partition coefficient (Wildman–Crippen LogP) is 5.47. The molecule has 3 rings (SSSR count). The molecule has 0 aliphatic heterocycles. The fraction of sp³-hybridized carbons (Fsp3) is 0.381. The monoisotopic (exact) mass is 326 g/mol. The number of halogens is 1. The number of carbonyl (C=O) groups excluding carboxylic acids is 1. The molecule has 3 heteroatoms.